The third-order valence-corrected chi connectivity index (χ3v) is 17.0. The van der Waals surface area contributed by atoms with Crippen molar-refractivity contribution in [2.45, 2.75) is 108 Å². The number of amides is 4. The van der Waals surface area contributed by atoms with Crippen LogP contribution in [0.5, 0.6) is 5.75 Å². The number of fused-ring (bicyclic) bond motifs is 1. The van der Waals surface area contributed by atoms with E-state index in [1.54, 1.807) is 43.2 Å². The Morgan fingerprint density at radius 3 is 1.87 bits per heavy atom. The molecular weight excluding hydrogens is 797 g/mol. The van der Waals surface area contributed by atoms with Crippen LogP contribution in [0.2, 0.25) is 5.04 Å². The van der Waals surface area contributed by atoms with E-state index < -0.39 is 56.3 Å². The van der Waals surface area contributed by atoms with Crippen molar-refractivity contribution in [3.05, 3.63) is 139 Å². The fourth-order valence-electron chi connectivity index (χ4n) is 8.63. The summed E-state index contributed by atoms with van der Waals surface area (Å²) in [7, 11) is -1.39. The van der Waals surface area contributed by atoms with Crippen LogP contribution in [0.3, 0.4) is 0 Å². The monoisotopic (exact) mass is 856 g/mol. The lowest BCUT2D eigenvalue weighted by molar-refractivity contribution is -0.143. The molecular formula is C50H60N4O7Si. The van der Waals surface area contributed by atoms with Crippen LogP contribution in [-0.2, 0) is 41.2 Å². The SMILES string of the molecule is COc1ccc(C[C@H]2NC(=O)[C@H](CCC/C=C/C(=O)[C@@H](C)O[Si](c3ccccc3)(c3ccccc3)C(C)(C)C)NC(=O)[C@H]3CCCN3C(=O)[C@H](Cc3ccccc3)NC2=O)cc1. The van der Waals surface area contributed by atoms with Crippen molar-refractivity contribution in [1.29, 1.82) is 0 Å². The Morgan fingerprint density at radius 2 is 1.27 bits per heavy atom. The molecule has 0 saturated carbocycles. The molecule has 3 N–H and O–H groups in total. The smallest absolute Gasteiger partial charge is 0.262 e. The van der Waals surface area contributed by atoms with E-state index in [9.17, 15) is 24.0 Å². The maximum absolute atomic E-state index is 14.2. The zero-order valence-electron chi connectivity index (χ0n) is 36.5. The zero-order chi connectivity index (χ0) is 44.3. The Morgan fingerprint density at radius 1 is 0.742 bits per heavy atom. The Labute approximate surface area is 366 Å². The predicted octanol–water partition coefficient (Wildman–Crippen LogP) is 5.20. The number of allylic oxidation sites excluding steroid dienone is 1. The third-order valence-electron chi connectivity index (χ3n) is 11.9. The van der Waals surface area contributed by atoms with Gasteiger partial charge in [0.05, 0.1) is 7.11 Å². The normalized spacial score (nSPS) is 20.6. The average Bonchev–Trinajstić information content (AvgIpc) is 3.78. The van der Waals surface area contributed by atoms with Gasteiger partial charge in [0.2, 0.25) is 23.6 Å². The summed E-state index contributed by atoms with van der Waals surface area (Å²) in [5, 5.41) is 10.7. The van der Waals surface area contributed by atoms with Crippen molar-refractivity contribution in [3.8, 4) is 5.75 Å². The van der Waals surface area contributed by atoms with E-state index in [1.807, 2.05) is 78.9 Å². The standard InChI is InChI=1S/C50H60N4O7Si/c1-35(61-62(50(2,3)4,39-21-12-7-13-22-39)40-23-14-8-15-24-40)45(55)27-17-9-16-25-41-46(56)52-42(33-37-28-30-38(60-5)31-29-37)47(57)53-43(34-36-19-10-6-11-20-36)49(59)54-32-18-26-44(54)48(58)51-41/h6-8,10-15,17,19-24,27-31,35,41-44H,9,16,18,25-26,32-34H2,1-5H3,(H,51,58)(H,52,56)(H,53,57)/b27-17+/t35-,41+,42-,43+,44-/m1/s1. The van der Waals surface area contributed by atoms with E-state index in [2.05, 4.69) is 61.0 Å². The van der Waals surface area contributed by atoms with Crippen molar-refractivity contribution in [3.63, 3.8) is 0 Å². The molecule has 5 atom stereocenters. The summed E-state index contributed by atoms with van der Waals surface area (Å²) in [6.45, 7) is 8.67. The number of ether oxygens (including phenoxy) is 1. The number of methoxy groups -OCH3 is 1. The molecule has 0 bridgehead atoms. The molecule has 0 aromatic heterocycles. The molecule has 6 rings (SSSR count). The number of benzene rings is 4. The largest absolute Gasteiger partial charge is 0.497 e. The fraction of sp³-hybridized carbons (Fsp3) is 0.380. The van der Waals surface area contributed by atoms with Crippen LogP contribution in [0.15, 0.2) is 127 Å². The Kier molecular flexibility index (Phi) is 15.3. The van der Waals surface area contributed by atoms with E-state index in [0.717, 1.165) is 21.5 Å². The van der Waals surface area contributed by atoms with Gasteiger partial charge in [-0.15, -0.1) is 0 Å². The molecule has 0 unspecified atom stereocenters. The van der Waals surface area contributed by atoms with E-state index >= 15 is 0 Å². The highest BCUT2D eigenvalue weighted by Gasteiger charge is 2.51. The highest BCUT2D eigenvalue weighted by Crippen LogP contribution is 2.37. The average molecular weight is 857 g/mol. The number of carbonyl (C=O) groups is 5. The fourth-order valence-corrected chi connectivity index (χ4v) is 13.3. The Hall–Kier alpha value is -5.85. The summed E-state index contributed by atoms with van der Waals surface area (Å²) >= 11 is 0. The minimum absolute atomic E-state index is 0.139. The van der Waals surface area contributed by atoms with Crippen LogP contribution >= 0.6 is 0 Å². The van der Waals surface area contributed by atoms with Crippen molar-refractivity contribution in [1.82, 2.24) is 20.9 Å². The van der Waals surface area contributed by atoms with Crippen LogP contribution in [0.1, 0.15) is 70.9 Å². The Balaban J connectivity index is 1.18. The van der Waals surface area contributed by atoms with Gasteiger partial charge in [-0.25, -0.2) is 0 Å². The number of nitrogens with zero attached hydrogens (tertiary/aromatic N) is 1. The molecule has 12 heteroatoms. The molecule has 0 radical (unpaired) electrons. The van der Waals surface area contributed by atoms with Gasteiger partial charge in [0.25, 0.3) is 8.32 Å². The van der Waals surface area contributed by atoms with Crippen molar-refractivity contribution in [2.24, 2.45) is 0 Å². The van der Waals surface area contributed by atoms with E-state index in [1.165, 1.54) is 0 Å². The first-order chi connectivity index (χ1) is 29.8. The first-order valence-corrected chi connectivity index (χ1v) is 23.6. The minimum Gasteiger partial charge on any atom is -0.497 e. The van der Waals surface area contributed by atoms with Gasteiger partial charge < -0.3 is 30.0 Å². The molecule has 2 aliphatic rings. The van der Waals surface area contributed by atoms with Crippen LogP contribution < -0.4 is 31.1 Å². The molecule has 4 aromatic rings. The van der Waals surface area contributed by atoms with Gasteiger partial charge in [-0.05, 0) is 83.8 Å². The van der Waals surface area contributed by atoms with Gasteiger partial charge in [-0.1, -0.05) is 130 Å². The lowest BCUT2D eigenvalue weighted by Gasteiger charge is -2.44. The zero-order valence-corrected chi connectivity index (χ0v) is 37.5. The summed E-state index contributed by atoms with van der Waals surface area (Å²) in [6.07, 6.45) is 5.16. The second-order valence-corrected chi connectivity index (χ2v) is 21.5. The topological polar surface area (TPSA) is 143 Å². The van der Waals surface area contributed by atoms with Crippen LogP contribution in [0.25, 0.3) is 0 Å². The number of ketones is 1. The number of nitrogens with one attached hydrogen (secondary N) is 3. The third kappa shape index (κ3) is 11.0. The molecule has 2 heterocycles. The predicted molar refractivity (Wildman–Crippen MR) is 244 cm³/mol. The van der Waals surface area contributed by atoms with Crippen molar-refractivity contribution >= 4 is 48.1 Å². The molecule has 4 aromatic carbocycles. The lowest BCUT2D eigenvalue weighted by atomic mass is 10.00. The van der Waals surface area contributed by atoms with E-state index in [0.29, 0.717) is 38.0 Å². The minimum atomic E-state index is -2.96. The maximum Gasteiger partial charge on any atom is 0.262 e. The molecule has 326 valence electrons. The molecule has 0 aliphatic carbocycles. The summed E-state index contributed by atoms with van der Waals surface area (Å²) < 4.78 is 12.3. The number of carbonyl (C=O) groups excluding carboxylic acids is 5. The number of unbranched alkanes of at least 4 members (excludes halogenated alkanes) is 1. The van der Waals surface area contributed by atoms with Crippen LogP contribution in [0.4, 0.5) is 0 Å². The van der Waals surface area contributed by atoms with Crippen LogP contribution in [-0.4, -0.2) is 86.6 Å². The lowest BCUT2D eigenvalue weighted by Crippen LogP contribution is -2.68. The maximum atomic E-state index is 14.2. The summed E-state index contributed by atoms with van der Waals surface area (Å²) in [6, 6.07) is 33.2. The highest BCUT2D eigenvalue weighted by molar-refractivity contribution is 6.99. The molecule has 4 amide bonds. The number of rotatable bonds is 15. The van der Waals surface area contributed by atoms with Gasteiger partial charge in [0, 0.05) is 19.4 Å². The summed E-state index contributed by atoms with van der Waals surface area (Å²) in [5.41, 5.74) is 1.62. The molecule has 2 fully saturated rings. The van der Waals surface area contributed by atoms with Gasteiger partial charge in [0.15, 0.2) is 5.78 Å². The van der Waals surface area contributed by atoms with Gasteiger partial charge in [-0.2, -0.15) is 0 Å². The second-order valence-electron chi connectivity index (χ2n) is 17.3. The first kappa shape index (κ1) is 45.7. The number of hydrogen-bond donors (Lipinski definition) is 3. The molecule has 11 nitrogen and oxygen atoms in total. The second kappa shape index (κ2) is 20.8. The molecule has 2 aliphatic heterocycles. The highest BCUT2D eigenvalue weighted by atomic mass is 28.4. The Bertz CT molecular complexity index is 2140. The van der Waals surface area contributed by atoms with Crippen molar-refractivity contribution in [2.75, 3.05) is 13.7 Å². The van der Waals surface area contributed by atoms with E-state index in [-0.39, 0.29) is 36.0 Å². The van der Waals surface area contributed by atoms with E-state index in [4.69, 9.17) is 9.16 Å². The van der Waals surface area contributed by atoms with Gasteiger partial charge in [-0.3, -0.25) is 24.0 Å². The summed E-state index contributed by atoms with van der Waals surface area (Å²) in [4.78, 5) is 71.8. The van der Waals surface area contributed by atoms with Crippen molar-refractivity contribution < 1.29 is 33.1 Å². The first-order valence-electron chi connectivity index (χ1n) is 21.7. The number of hydrogen-bond acceptors (Lipinski definition) is 7. The van der Waals surface area contributed by atoms with Gasteiger partial charge >= 0.3 is 0 Å². The molecule has 2 saturated heterocycles. The van der Waals surface area contributed by atoms with Crippen LogP contribution in [0, 0.1) is 0 Å². The molecule has 0 spiro atoms. The summed E-state index contributed by atoms with van der Waals surface area (Å²) in [5.74, 6) is -1.27. The molecule has 62 heavy (non-hydrogen) atoms. The quantitative estimate of drug-likeness (QED) is 0.0848. The van der Waals surface area contributed by atoms with Gasteiger partial charge in [0.1, 0.15) is 36.0 Å².